The van der Waals surface area contributed by atoms with Gasteiger partial charge in [-0.2, -0.15) is 0 Å². The third kappa shape index (κ3) is 6.90. The Labute approximate surface area is 333 Å². The predicted octanol–water partition coefficient (Wildman–Crippen LogP) is 6.75. The molecule has 4 fully saturated rings. The fourth-order valence-corrected chi connectivity index (χ4v) is 24.3. The van der Waals surface area contributed by atoms with E-state index in [9.17, 15) is 13.2 Å². The average molecular weight is 840 g/mol. The van der Waals surface area contributed by atoms with E-state index in [4.69, 9.17) is 4.21 Å². The van der Waals surface area contributed by atoms with Gasteiger partial charge in [0.1, 0.15) is 0 Å². The Balaban J connectivity index is 0.00000240. The normalized spacial score (nSPS) is 26.9. The first-order valence-electron chi connectivity index (χ1n) is 19.5. The molecule has 0 heterocycles. The van der Waals surface area contributed by atoms with E-state index >= 15 is 0 Å². The number of rotatable bonds is 5. The molecule has 0 amide bonds. The minimum absolute atomic E-state index is 0. The van der Waals surface area contributed by atoms with Crippen molar-refractivity contribution in [1.29, 1.82) is 0 Å². The first-order chi connectivity index (χ1) is 23.8. The molecule has 3 aromatic rings. The summed E-state index contributed by atoms with van der Waals surface area (Å²) in [5.41, 5.74) is 10.5. The van der Waals surface area contributed by atoms with E-state index in [0.717, 1.165) is 27.4 Å². The number of halogens is 5. The second-order valence-corrected chi connectivity index (χ2v) is 28.6. The van der Waals surface area contributed by atoms with Crippen LogP contribution in [0.25, 0.3) is 11.1 Å². The smallest absolute Gasteiger partial charge is 1.00 e. The molecule has 9 rings (SSSR count). The van der Waals surface area contributed by atoms with Crippen molar-refractivity contribution in [2.24, 2.45) is 29.1 Å². The summed E-state index contributed by atoms with van der Waals surface area (Å²) in [6, 6.07) is 20.4. The maximum absolute atomic E-state index is 14.0. The number of benzene rings is 3. The van der Waals surface area contributed by atoms with E-state index in [-0.39, 0.29) is 45.2 Å². The molecule has 4 saturated carbocycles. The van der Waals surface area contributed by atoms with Crippen molar-refractivity contribution in [2.75, 3.05) is 0 Å². The van der Waals surface area contributed by atoms with E-state index in [1.807, 2.05) is 12.1 Å². The minimum Gasteiger partial charge on any atom is -1.00 e. The van der Waals surface area contributed by atoms with Gasteiger partial charge in [-0.3, -0.25) is 0 Å². The van der Waals surface area contributed by atoms with Gasteiger partial charge in [0, 0.05) is 0 Å². The number of fused-ring (bicyclic) bond motifs is 3. The minimum atomic E-state index is -4.38. The Morgan fingerprint density at radius 2 is 1.13 bits per heavy atom. The Morgan fingerprint density at radius 1 is 0.698 bits per heavy atom. The number of hydrogen-bond acceptors (Lipinski definition) is 0. The standard InChI is InChI=1S/C21H25.C18H25.C7H4F3.CH2.2ClH.Zr/c1-20(2,3)16-7-9-18-14(12-16)11-15-13-17(21(4,5)6)8-10-19(15)18;1-12-3-13(2)17(4-12)11-18-8-14-5-15(9-18)7-16(6-14)10-18;8-7(9,10)6-4-2-1-3-5-6;;;;/h7-13H,1-6H3;4,12,14-16H,5-11H2,1-2H3;2-5H;1H2;2*1H;/q;;;;;;+2/p-2. The van der Waals surface area contributed by atoms with Crippen LogP contribution in [0.15, 0.2) is 81.2 Å². The Hall–Kier alpha value is -1.74. The molecule has 6 heteroatoms. The zero-order valence-corrected chi connectivity index (χ0v) is 36.8. The molecule has 0 saturated heterocycles. The first-order valence-corrected chi connectivity index (χ1v) is 25.1. The van der Waals surface area contributed by atoms with Gasteiger partial charge >= 0.3 is 311 Å². The summed E-state index contributed by atoms with van der Waals surface area (Å²) in [6.07, 6.45) is 7.79. The van der Waals surface area contributed by atoms with E-state index in [1.54, 1.807) is 0 Å². The predicted molar refractivity (Wildman–Crippen MR) is 204 cm³/mol. The zero-order chi connectivity index (χ0) is 36.5. The molecule has 3 aromatic carbocycles. The SMILES string of the molecule is [CH2]=[Zr+2]([C]1=C(C)C(CC23CC4CC(CC(C4)C2)C3)=CC1C)([c]1ccc(C(F)(F)F)cc1)[CH]1c2cc(C(C)(C)C)ccc2-c2ccc(C(C)(C)C)cc21.[Cl-].[Cl-]. The van der Waals surface area contributed by atoms with Crippen LogP contribution in [0.3, 0.4) is 0 Å². The first kappa shape index (κ1) is 40.9. The van der Waals surface area contributed by atoms with Gasteiger partial charge < -0.3 is 24.8 Å². The van der Waals surface area contributed by atoms with E-state index in [2.05, 4.69) is 97.9 Å². The fourth-order valence-electron chi connectivity index (χ4n) is 12.0. The maximum Gasteiger partial charge on any atom is -1.00 e. The average Bonchev–Trinajstić information content (AvgIpc) is 3.50. The molecule has 6 aliphatic carbocycles. The van der Waals surface area contributed by atoms with E-state index in [0.29, 0.717) is 5.41 Å². The van der Waals surface area contributed by atoms with Crippen molar-refractivity contribution in [3.8, 4) is 11.1 Å². The molecule has 2 atom stereocenters. The molecule has 283 valence electrons. The fraction of sp³-hybridized carbons (Fsp3) is 0.511. The summed E-state index contributed by atoms with van der Waals surface area (Å²) in [5.74, 6) is 2.92. The molecule has 0 nitrogen and oxygen atoms in total. The van der Waals surface area contributed by atoms with Crippen molar-refractivity contribution in [3.05, 3.63) is 109 Å². The van der Waals surface area contributed by atoms with Crippen molar-refractivity contribution in [3.63, 3.8) is 0 Å². The van der Waals surface area contributed by atoms with Gasteiger partial charge in [-0.1, -0.05) is 0 Å². The summed E-state index contributed by atoms with van der Waals surface area (Å²) < 4.78 is 50.2. The summed E-state index contributed by atoms with van der Waals surface area (Å²) in [6.45, 7) is 18.3. The van der Waals surface area contributed by atoms with Crippen LogP contribution in [0.4, 0.5) is 13.2 Å². The molecule has 53 heavy (non-hydrogen) atoms. The third-order valence-corrected chi connectivity index (χ3v) is 25.7. The van der Waals surface area contributed by atoms with Crippen LogP contribution < -0.4 is 28.1 Å². The van der Waals surface area contributed by atoms with Gasteiger partial charge in [-0.05, 0) is 0 Å². The quantitative estimate of drug-likeness (QED) is 0.267. The molecule has 4 bridgehead atoms. The number of hydrogen-bond donors (Lipinski definition) is 0. The Bertz CT molecular complexity index is 1920. The van der Waals surface area contributed by atoms with Crippen molar-refractivity contribution in [2.45, 2.75) is 121 Å². The number of alkyl halides is 3. The van der Waals surface area contributed by atoms with Crippen LogP contribution in [-0.2, 0) is 36.8 Å². The monoisotopic (exact) mass is 837 g/mol. The Kier molecular flexibility index (Phi) is 10.6. The summed E-state index contributed by atoms with van der Waals surface area (Å²) in [4.78, 5) is 0. The van der Waals surface area contributed by atoms with Crippen molar-refractivity contribution in [1.82, 2.24) is 0 Å². The zero-order valence-electron chi connectivity index (χ0n) is 32.8. The molecule has 0 radical (unpaired) electrons. The van der Waals surface area contributed by atoms with Crippen LogP contribution in [0.2, 0.25) is 0 Å². The van der Waals surface area contributed by atoms with Gasteiger partial charge in [0.25, 0.3) is 0 Å². The topological polar surface area (TPSA) is 0 Å². The third-order valence-electron chi connectivity index (χ3n) is 14.0. The van der Waals surface area contributed by atoms with Crippen LogP contribution in [0.5, 0.6) is 0 Å². The van der Waals surface area contributed by atoms with Gasteiger partial charge in [0.2, 0.25) is 0 Å². The van der Waals surface area contributed by atoms with Crippen LogP contribution in [0.1, 0.15) is 132 Å². The molecular formula is C47H56Cl2F3Zr. The molecule has 0 spiro atoms. The molecule has 0 N–H and O–H groups in total. The van der Waals surface area contributed by atoms with Gasteiger partial charge in [0.15, 0.2) is 0 Å². The molecule has 6 aliphatic rings. The van der Waals surface area contributed by atoms with Crippen LogP contribution in [0, 0.1) is 29.1 Å². The molecule has 0 aliphatic heterocycles. The van der Waals surface area contributed by atoms with Crippen molar-refractivity contribution >= 4 is 7.48 Å². The number of allylic oxidation sites excluding steroid dienone is 4. The summed E-state index contributed by atoms with van der Waals surface area (Å²) in [5, 5.41) is 0. The molecule has 0 aromatic heterocycles. The molecule has 2 unspecified atom stereocenters. The molecular weight excluding hydrogens is 784 g/mol. The summed E-state index contributed by atoms with van der Waals surface area (Å²) >= 11 is -4.22. The Morgan fingerprint density at radius 3 is 1.55 bits per heavy atom. The van der Waals surface area contributed by atoms with Crippen LogP contribution >= 0.6 is 0 Å². The van der Waals surface area contributed by atoms with Crippen LogP contribution in [-0.4, -0.2) is 4.21 Å². The maximum atomic E-state index is 14.0. The van der Waals surface area contributed by atoms with Gasteiger partial charge in [0.05, 0.1) is 0 Å². The van der Waals surface area contributed by atoms with Gasteiger partial charge in [-0.25, -0.2) is 0 Å². The van der Waals surface area contributed by atoms with Gasteiger partial charge in [-0.15, -0.1) is 0 Å². The largest absolute Gasteiger partial charge is 1.00 e. The summed E-state index contributed by atoms with van der Waals surface area (Å²) in [7, 11) is 0. The van der Waals surface area contributed by atoms with E-state index in [1.165, 1.54) is 98.5 Å². The second-order valence-electron chi connectivity index (χ2n) is 19.7. The van der Waals surface area contributed by atoms with E-state index < -0.39 is 31.5 Å². The second kappa shape index (κ2) is 13.7. The van der Waals surface area contributed by atoms with Crippen molar-refractivity contribution < 1.29 is 57.8 Å².